The van der Waals surface area contributed by atoms with Gasteiger partial charge < -0.3 is 39.9 Å². The normalized spacial score (nSPS) is 21.5. The zero-order valence-corrected chi connectivity index (χ0v) is 36.5. The average molecular weight is 865 g/mol. The molecule has 4 aliphatic heterocycles. The van der Waals surface area contributed by atoms with Crippen LogP contribution in [0.1, 0.15) is 46.8 Å². The molecular weight excluding hydrogens is 809 g/mol. The molecule has 4 saturated heterocycles. The van der Waals surface area contributed by atoms with Gasteiger partial charge in [0.2, 0.25) is 11.8 Å². The molecule has 64 heavy (non-hydrogen) atoms. The summed E-state index contributed by atoms with van der Waals surface area (Å²) in [5.41, 5.74) is 4.66. The molecule has 1 spiro atoms. The second kappa shape index (κ2) is 17.8. The molecule has 0 bridgehead atoms. The minimum absolute atomic E-state index is 0.0375. The number of phenolic OH excluding ortho intramolecular Hbond substituents is 1. The topological polar surface area (TPSA) is 150 Å². The van der Waals surface area contributed by atoms with E-state index in [9.17, 15) is 24.3 Å². The van der Waals surface area contributed by atoms with Gasteiger partial charge in [0.1, 0.15) is 23.8 Å². The third-order valence-corrected chi connectivity index (χ3v) is 13.5. The van der Waals surface area contributed by atoms with Crippen LogP contribution in [-0.4, -0.2) is 128 Å². The number of anilines is 2. The molecule has 9 rings (SSSR count). The standard InChI is InChI=1S/C49H56N10O5/c1-4-22-57-31-44(61)58-41(25-34-14-17-38(60)18-15-34)47(63)56(30-43(58)59(57)48(64)51-26-35-10-7-6-8-11-35)28-36-12-9-13-39-40(29-53(3)45(36)39)46(62)52-37-16-19-42(50-27-37)55-24-21-49(33-55)20-23-54(5-2)32-49/h4,6-19,27,29,41,43,60H,1,5,20-26,28,30-33H2,2-3H3,(H,51,64)(H,52,62)/t41-,43?,49?/m0/s1. The fraction of sp³-hybridized carbons (Fsp3) is 0.367. The predicted molar refractivity (Wildman–Crippen MR) is 245 cm³/mol. The van der Waals surface area contributed by atoms with Crippen molar-refractivity contribution in [2.45, 2.75) is 51.5 Å². The number of phenols is 1. The first-order chi connectivity index (χ1) is 31.0. The first-order valence-electron chi connectivity index (χ1n) is 22.2. The summed E-state index contributed by atoms with van der Waals surface area (Å²) in [6.07, 6.45) is 6.88. The highest BCUT2D eigenvalue weighted by Crippen LogP contribution is 2.41. The van der Waals surface area contributed by atoms with Crippen LogP contribution < -0.4 is 15.5 Å². The van der Waals surface area contributed by atoms with E-state index in [1.54, 1.807) is 62.6 Å². The molecule has 15 nitrogen and oxygen atoms in total. The van der Waals surface area contributed by atoms with E-state index < -0.39 is 18.2 Å². The fourth-order valence-electron chi connectivity index (χ4n) is 10.2. The highest BCUT2D eigenvalue weighted by molar-refractivity contribution is 6.13. The molecule has 0 radical (unpaired) electrons. The van der Waals surface area contributed by atoms with Crippen LogP contribution in [0.3, 0.4) is 0 Å². The van der Waals surface area contributed by atoms with Crippen LogP contribution >= 0.6 is 0 Å². The van der Waals surface area contributed by atoms with Gasteiger partial charge in [-0.15, -0.1) is 6.58 Å². The Morgan fingerprint density at radius 2 is 1.75 bits per heavy atom. The number of hydrazine groups is 1. The summed E-state index contributed by atoms with van der Waals surface area (Å²) in [5, 5.41) is 20.1. The Bertz CT molecular complexity index is 2550. The fourth-order valence-corrected chi connectivity index (χ4v) is 10.2. The Morgan fingerprint density at radius 1 is 0.953 bits per heavy atom. The van der Waals surface area contributed by atoms with Crippen LogP contribution in [0, 0.1) is 5.41 Å². The Morgan fingerprint density at radius 3 is 2.48 bits per heavy atom. The number of carbonyl (C=O) groups is 4. The number of pyridine rings is 1. The molecule has 332 valence electrons. The van der Waals surface area contributed by atoms with Crippen LogP contribution in [0.5, 0.6) is 5.75 Å². The lowest BCUT2D eigenvalue weighted by Crippen LogP contribution is -2.76. The van der Waals surface area contributed by atoms with Crippen LogP contribution in [0.25, 0.3) is 10.9 Å². The number of benzene rings is 3. The monoisotopic (exact) mass is 864 g/mol. The largest absolute Gasteiger partial charge is 0.508 e. The molecule has 2 aromatic heterocycles. The summed E-state index contributed by atoms with van der Waals surface area (Å²) in [6.45, 7) is 12.0. The van der Waals surface area contributed by atoms with Crippen LogP contribution in [0.2, 0.25) is 0 Å². The molecule has 0 saturated carbocycles. The number of nitrogens with one attached hydrogen (secondary N) is 2. The van der Waals surface area contributed by atoms with Gasteiger partial charge in [-0.25, -0.2) is 19.8 Å². The number of para-hydroxylation sites is 1. The maximum Gasteiger partial charge on any atom is 0.334 e. The molecule has 4 aliphatic rings. The molecule has 15 heteroatoms. The van der Waals surface area contributed by atoms with Gasteiger partial charge in [-0.05, 0) is 66.9 Å². The van der Waals surface area contributed by atoms with Crippen molar-refractivity contribution in [3.8, 4) is 5.75 Å². The van der Waals surface area contributed by atoms with Gasteiger partial charge in [0.05, 0.1) is 36.1 Å². The van der Waals surface area contributed by atoms with E-state index in [0.29, 0.717) is 16.7 Å². The Labute approximate surface area is 373 Å². The molecule has 3 atom stereocenters. The van der Waals surface area contributed by atoms with Crippen molar-refractivity contribution in [1.82, 2.24) is 39.6 Å². The highest BCUT2D eigenvalue weighted by Gasteiger charge is 2.51. The van der Waals surface area contributed by atoms with E-state index in [1.165, 1.54) is 6.42 Å². The molecule has 5 amide bonds. The lowest BCUT2D eigenvalue weighted by atomic mass is 9.86. The zero-order chi connectivity index (χ0) is 44.5. The van der Waals surface area contributed by atoms with E-state index in [1.807, 2.05) is 72.3 Å². The number of hydrogen-bond acceptors (Lipinski definition) is 9. The van der Waals surface area contributed by atoms with Crippen LogP contribution in [0.15, 0.2) is 110 Å². The summed E-state index contributed by atoms with van der Waals surface area (Å²) in [6, 6.07) is 24.4. The van der Waals surface area contributed by atoms with Crippen LogP contribution in [-0.2, 0) is 36.1 Å². The van der Waals surface area contributed by atoms with Crippen molar-refractivity contribution >= 4 is 46.2 Å². The van der Waals surface area contributed by atoms with Crippen molar-refractivity contribution < 1.29 is 24.3 Å². The van der Waals surface area contributed by atoms with Crippen molar-refractivity contribution in [2.75, 3.05) is 62.6 Å². The predicted octanol–water partition coefficient (Wildman–Crippen LogP) is 5.19. The number of fused-ring (bicyclic) bond motifs is 2. The number of aromatic hydroxyl groups is 1. The zero-order valence-electron chi connectivity index (χ0n) is 36.5. The number of likely N-dealkylation sites (tertiary alicyclic amines) is 1. The minimum atomic E-state index is -0.944. The summed E-state index contributed by atoms with van der Waals surface area (Å²) >= 11 is 0. The quantitative estimate of drug-likeness (QED) is 0.144. The first kappa shape index (κ1) is 42.6. The summed E-state index contributed by atoms with van der Waals surface area (Å²) in [4.78, 5) is 70.0. The van der Waals surface area contributed by atoms with E-state index in [4.69, 9.17) is 4.98 Å². The van der Waals surface area contributed by atoms with Gasteiger partial charge in [-0.1, -0.05) is 73.7 Å². The number of aryl methyl sites for hydroxylation is 1. The smallest absolute Gasteiger partial charge is 0.334 e. The maximum absolute atomic E-state index is 14.8. The summed E-state index contributed by atoms with van der Waals surface area (Å²) in [5.74, 6) is 0.182. The Hall–Kier alpha value is -6.71. The van der Waals surface area contributed by atoms with Gasteiger partial charge >= 0.3 is 6.03 Å². The molecule has 4 fully saturated rings. The van der Waals surface area contributed by atoms with Gasteiger partial charge in [0.25, 0.3) is 5.91 Å². The lowest BCUT2D eigenvalue weighted by Gasteiger charge is -2.55. The third kappa shape index (κ3) is 8.40. The number of amides is 5. The lowest BCUT2D eigenvalue weighted by molar-refractivity contribution is -0.189. The molecular formula is C49H56N10O5. The molecule has 6 heterocycles. The number of rotatable bonds is 12. The first-order valence-corrected chi connectivity index (χ1v) is 22.2. The maximum atomic E-state index is 14.8. The van der Waals surface area contributed by atoms with Crippen molar-refractivity contribution in [3.05, 3.63) is 132 Å². The number of piperazine rings is 1. The van der Waals surface area contributed by atoms with Gasteiger partial charge in [0, 0.05) is 69.7 Å². The van der Waals surface area contributed by atoms with Crippen molar-refractivity contribution in [2.24, 2.45) is 12.5 Å². The van der Waals surface area contributed by atoms with E-state index in [0.717, 1.165) is 72.6 Å². The van der Waals surface area contributed by atoms with Gasteiger partial charge in [-0.2, -0.15) is 0 Å². The number of urea groups is 1. The molecule has 3 N–H and O–H groups in total. The van der Waals surface area contributed by atoms with Gasteiger partial charge in [0.15, 0.2) is 0 Å². The van der Waals surface area contributed by atoms with Gasteiger partial charge in [-0.3, -0.25) is 14.4 Å². The summed E-state index contributed by atoms with van der Waals surface area (Å²) < 4.78 is 1.90. The highest BCUT2D eigenvalue weighted by atomic mass is 16.3. The number of nitrogens with zero attached hydrogens (tertiary/aromatic N) is 8. The number of aromatic nitrogens is 2. The van der Waals surface area contributed by atoms with E-state index in [2.05, 4.69) is 33.9 Å². The van der Waals surface area contributed by atoms with Crippen molar-refractivity contribution in [1.29, 1.82) is 0 Å². The Kier molecular flexibility index (Phi) is 11.9. The Balaban J connectivity index is 0.970. The number of carbonyl (C=O) groups excluding carboxylic acids is 4. The number of hydrogen-bond donors (Lipinski definition) is 3. The molecule has 5 aromatic rings. The second-order valence-electron chi connectivity index (χ2n) is 17.6. The average Bonchev–Trinajstić information content (AvgIpc) is 4.02. The summed E-state index contributed by atoms with van der Waals surface area (Å²) in [7, 11) is 1.88. The molecule has 3 aromatic carbocycles. The molecule has 0 aliphatic carbocycles. The second-order valence-corrected chi connectivity index (χ2v) is 17.6. The third-order valence-electron chi connectivity index (χ3n) is 13.5. The molecule has 2 unspecified atom stereocenters. The van der Waals surface area contributed by atoms with Crippen molar-refractivity contribution in [3.63, 3.8) is 0 Å². The SMILES string of the molecule is C=CCN1CC(=O)N2C(CN(Cc3cccc4c(C(=O)Nc5ccc(N6CCC7(CCN(CC)C7)C6)nc5)cn(C)c34)C(=O)[C@@H]2Cc2ccc(O)cc2)N1C(=O)NCc1ccccc1. The van der Waals surface area contributed by atoms with Crippen LogP contribution in [0.4, 0.5) is 16.3 Å². The van der Waals surface area contributed by atoms with E-state index in [-0.39, 0.29) is 62.6 Å². The van der Waals surface area contributed by atoms with E-state index >= 15 is 0 Å². The minimum Gasteiger partial charge on any atom is -0.508 e.